The van der Waals surface area contributed by atoms with Crippen LogP contribution in [0.4, 0.5) is 10.1 Å². The second kappa shape index (κ2) is 10.1. The molecule has 0 bridgehead atoms. The number of halogens is 2. The van der Waals surface area contributed by atoms with Gasteiger partial charge in [0.25, 0.3) is 5.91 Å². The molecule has 3 aromatic carbocycles. The molecule has 1 aromatic heterocycles. The highest BCUT2D eigenvalue weighted by molar-refractivity contribution is 6.06. The van der Waals surface area contributed by atoms with Crippen molar-refractivity contribution in [2.45, 2.75) is 6.54 Å². The number of hydrogen-bond acceptors (Lipinski definition) is 5. The quantitative estimate of drug-likeness (QED) is 0.445. The van der Waals surface area contributed by atoms with Crippen molar-refractivity contribution in [1.82, 2.24) is 15.2 Å². The predicted molar refractivity (Wildman–Crippen MR) is 129 cm³/mol. The summed E-state index contributed by atoms with van der Waals surface area (Å²) in [5.41, 5.74) is 4.31. The number of aromatic nitrogens is 1. The molecule has 1 aliphatic rings. The van der Waals surface area contributed by atoms with Crippen LogP contribution in [0.1, 0.15) is 15.9 Å². The Morgan fingerprint density at radius 3 is 2.58 bits per heavy atom. The Bertz CT molecular complexity index is 1250. The van der Waals surface area contributed by atoms with Crippen molar-refractivity contribution >= 4 is 35.1 Å². The van der Waals surface area contributed by atoms with E-state index < -0.39 is 0 Å². The largest absolute Gasteiger partial charge is 0.436 e. The van der Waals surface area contributed by atoms with Crippen molar-refractivity contribution in [3.63, 3.8) is 0 Å². The number of oxazole rings is 1. The van der Waals surface area contributed by atoms with E-state index in [-0.39, 0.29) is 24.1 Å². The van der Waals surface area contributed by atoms with Crippen molar-refractivity contribution < 1.29 is 13.6 Å². The van der Waals surface area contributed by atoms with Gasteiger partial charge in [0, 0.05) is 38.3 Å². The summed E-state index contributed by atoms with van der Waals surface area (Å²) in [5.74, 6) is -0.263. The van der Waals surface area contributed by atoms with Gasteiger partial charge in [0.05, 0.1) is 11.3 Å². The van der Waals surface area contributed by atoms with E-state index in [0.29, 0.717) is 28.3 Å². The molecule has 0 atom stereocenters. The third kappa shape index (κ3) is 5.06. The molecule has 8 heteroatoms. The van der Waals surface area contributed by atoms with Gasteiger partial charge < -0.3 is 15.1 Å². The van der Waals surface area contributed by atoms with Crippen molar-refractivity contribution in [3.8, 4) is 11.5 Å². The molecule has 6 nitrogen and oxygen atoms in total. The number of fused-ring (bicyclic) bond motifs is 1. The number of nitrogens with one attached hydrogen (secondary N) is 2. The predicted octanol–water partition coefficient (Wildman–Crippen LogP) is 4.71. The molecule has 0 aliphatic carbocycles. The first-order chi connectivity index (χ1) is 15.7. The second-order valence-corrected chi connectivity index (χ2v) is 7.82. The number of piperazine rings is 1. The molecule has 1 amide bonds. The molecule has 0 saturated carbocycles. The zero-order chi connectivity index (χ0) is 21.9. The standard InChI is InChI=1S/C25H23FN4O2.ClH/c26-19-10-8-17(9-11-19)24(31)28-21-6-2-1-5-20(21)25-29-23-18(4-3-7-22(23)32-25)16-30-14-12-27-13-15-30;/h1-11,27H,12-16H2,(H,28,31);1H. The topological polar surface area (TPSA) is 70.4 Å². The summed E-state index contributed by atoms with van der Waals surface area (Å²) in [6.07, 6.45) is 0. The number of para-hydroxylation sites is 2. The normalized spacial score (nSPS) is 14.1. The number of amides is 1. The molecular formula is C25H24ClFN4O2. The maximum absolute atomic E-state index is 13.2. The van der Waals surface area contributed by atoms with Crippen LogP contribution in [-0.4, -0.2) is 42.0 Å². The molecule has 170 valence electrons. The maximum atomic E-state index is 13.2. The summed E-state index contributed by atoms with van der Waals surface area (Å²) in [7, 11) is 0. The fraction of sp³-hybridized carbons (Fsp3) is 0.200. The minimum atomic E-state index is -0.384. The van der Waals surface area contributed by atoms with Crippen LogP contribution in [0, 0.1) is 5.82 Å². The van der Waals surface area contributed by atoms with Crippen LogP contribution < -0.4 is 10.6 Å². The van der Waals surface area contributed by atoms with E-state index >= 15 is 0 Å². The summed E-state index contributed by atoms with van der Waals surface area (Å²) < 4.78 is 19.3. The third-order valence-electron chi connectivity index (χ3n) is 5.62. The van der Waals surface area contributed by atoms with Crippen molar-refractivity contribution in [2.24, 2.45) is 0 Å². The third-order valence-corrected chi connectivity index (χ3v) is 5.62. The Kier molecular flexibility index (Phi) is 7.03. The van der Waals surface area contributed by atoms with E-state index in [4.69, 9.17) is 9.40 Å². The van der Waals surface area contributed by atoms with Gasteiger partial charge in [0.15, 0.2) is 5.58 Å². The highest BCUT2D eigenvalue weighted by Gasteiger charge is 2.18. The molecular weight excluding hydrogens is 443 g/mol. The summed E-state index contributed by atoms with van der Waals surface area (Å²) >= 11 is 0. The summed E-state index contributed by atoms with van der Waals surface area (Å²) in [5, 5.41) is 6.26. The van der Waals surface area contributed by atoms with Gasteiger partial charge in [0.2, 0.25) is 5.89 Å². The number of anilines is 1. The second-order valence-electron chi connectivity index (χ2n) is 7.82. The number of carbonyl (C=O) groups is 1. The molecule has 4 aromatic rings. The van der Waals surface area contributed by atoms with Crippen molar-refractivity contribution in [1.29, 1.82) is 0 Å². The highest BCUT2D eigenvalue weighted by Crippen LogP contribution is 2.32. The molecule has 1 fully saturated rings. The van der Waals surface area contributed by atoms with Crippen molar-refractivity contribution in [2.75, 3.05) is 31.5 Å². The first kappa shape index (κ1) is 22.9. The molecule has 5 rings (SSSR count). The Morgan fingerprint density at radius 2 is 1.79 bits per heavy atom. The van der Waals surface area contributed by atoms with E-state index in [1.54, 1.807) is 6.07 Å². The first-order valence-electron chi connectivity index (χ1n) is 10.7. The minimum absolute atomic E-state index is 0. The van der Waals surface area contributed by atoms with E-state index in [2.05, 4.69) is 21.6 Å². The first-order valence-corrected chi connectivity index (χ1v) is 10.7. The lowest BCUT2D eigenvalue weighted by Gasteiger charge is -2.27. The van der Waals surface area contributed by atoms with Crippen LogP contribution in [0.25, 0.3) is 22.6 Å². The van der Waals surface area contributed by atoms with E-state index in [0.717, 1.165) is 43.8 Å². The maximum Gasteiger partial charge on any atom is 0.255 e. The number of hydrogen-bond donors (Lipinski definition) is 2. The van der Waals surface area contributed by atoms with Crippen LogP contribution >= 0.6 is 12.4 Å². The van der Waals surface area contributed by atoms with Crippen LogP contribution in [0.2, 0.25) is 0 Å². The molecule has 1 aliphatic heterocycles. The molecule has 0 spiro atoms. The lowest BCUT2D eigenvalue weighted by atomic mass is 10.1. The van der Waals surface area contributed by atoms with Gasteiger partial charge in [-0.05, 0) is 48.0 Å². The van der Waals surface area contributed by atoms with E-state index in [9.17, 15) is 9.18 Å². The van der Waals surface area contributed by atoms with Crippen LogP contribution in [0.3, 0.4) is 0 Å². The molecule has 33 heavy (non-hydrogen) atoms. The van der Waals surface area contributed by atoms with Crippen molar-refractivity contribution in [3.05, 3.63) is 83.7 Å². The van der Waals surface area contributed by atoms with Gasteiger partial charge in [-0.15, -0.1) is 12.4 Å². The Labute approximate surface area is 197 Å². The Morgan fingerprint density at radius 1 is 1.03 bits per heavy atom. The van der Waals surface area contributed by atoms with E-state index in [1.165, 1.54) is 24.3 Å². The van der Waals surface area contributed by atoms with Gasteiger partial charge in [-0.25, -0.2) is 9.37 Å². The fourth-order valence-electron chi connectivity index (χ4n) is 3.93. The Hall–Kier alpha value is -3.26. The van der Waals surface area contributed by atoms with E-state index in [1.807, 2.05) is 30.3 Å². The average Bonchev–Trinajstić information content (AvgIpc) is 3.26. The number of benzene rings is 3. The monoisotopic (exact) mass is 466 g/mol. The van der Waals surface area contributed by atoms with Crippen LogP contribution in [0.5, 0.6) is 0 Å². The van der Waals surface area contributed by atoms with Gasteiger partial charge in [0.1, 0.15) is 11.3 Å². The number of nitrogens with zero attached hydrogens (tertiary/aromatic N) is 2. The molecule has 2 N–H and O–H groups in total. The molecule has 0 radical (unpaired) electrons. The van der Waals surface area contributed by atoms with Crippen LogP contribution in [0.15, 0.2) is 71.1 Å². The fourth-order valence-corrected chi connectivity index (χ4v) is 3.93. The molecule has 0 unspecified atom stereocenters. The summed E-state index contributed by atoms with van der Waals surface area (Å²) in [6.45, 7) is 4.79. The Balaban J connectivity index is 0.00000259. The SMILES string of the molecule is Cl.O=C(Nc1ccccc1-c1nc2c(CN3CCNCC3)cccc2o1)c1ccc(F)cc1. The lowest BCUT2D eigenvalue weighted by molar-refractivity contribution is 0.102. The van der Waals surface area contributed by atoms with Gasteiger partial charge >= 0.3 is 0 Å². The van der Waals surface area contributed by atoms with Gasteiger partial charge in [-0.3, -0.25) is 9.69 Å². The van der Waals surface area contributed by atoms with Gasteiger partial charge in [-0.1, -0.05) is 24.3 Å². The average molecular weight is 467 g/mol. The summed E-state index contributed by atoms with van der Waals surface area (Å²) in [4.78, 5) is 19.9. The zero-order valence-electron chi connectivity index (χ0n) is 17.9. The van der Waals surface area contributed by atoms with Crippen LogP contribution in [-0.2, 0) is 6.54 Å². The summed E-state index contributed by atoms with van der Waals surface area (Å²) in [6, 6.07) is 18.8. The number of carbonyl (C=O) groups excluding carboxylic acids is 1. The zero-order valence-corrected chi connectivity index (χ0v) is 18.7. The minimum Gasteiger partial charge on any atom is -0.436 e. The smallest absolute Gasteiger partial charge is 0.255 e. The highest BCUT2D eigenvalue weighted by atomic mass is 35.5. The number of rotatable bonds is 5. The molecule has 1 saturated heterocycles. The molecule has 2 heterocycles. The van der Waals surface area contributed by atoms with Gasteiger partial charge in [-0.2, -0.15) is 0 Å². The lowest BCUT2D eigenvalue weighted by Crippen LogP contribution is -2.42.